The number of benzene rings is 2. The molecule has 0 aliphatic carbocycles. The highest BCUT2D eigenvalue weighted by atomic mass is 79.9. The van der Waals surface area contributed by atoms with Crippen molar-refractivity contribution in [2.24, 2.45) is 0 Å². The molecule has 0 fully saturated rings. The summed E-state index contributed by atoms with van der Waals surface area (Å²) in [7, 11) is -3.52. The second kappa shape index (κ2) is 12.3. The molecule has 2 aromatic carbocycles. The van der Waals surface area contributed by atoms with E-state index in [1.807, 2.05) is 45.0 Å². The predicted octanol–water partition coefficient (Wildman–Crippen LogP) is 6.08. The van der Waals surface area contributed by atoms with E-state index in [1.165, 1.54) is 15.1 Å². The lowest BCUT2D eigenvalue weighted by atomic mass is 10.1. The highest BCUT2D eigenvalue weighted by Crippen LogP contribution is 2.32. The van der Waals surface area contributed by atoms with Gasteiger partial charge in [-0.25, -0.2) is 23.3 Å². The van der Waals surface area contributed by atoms with Gasteiger partial charge in [0, 0.05) is 22.8 Å². The van der Waals surface area contributed by atoms with Crippen LogP contribution in [0.15, 0.2) is 53.0 Å². The van der Waals surface area contributed by atoms with E-state index in [-0.39, 0.29) is 6.42 Å². The number of nitrogens with one attached hydrogen (secondary N) is 1. The zero-order valence-electron chi connectivity index (χ0n) is 22.0. The molecule has 11 heteroatoms. The molecule has 0 aliphatic heterocycles. The summed E-state index contributed by atoms with van der Waals surface area (Å²) < 4.78 is 34.5. The van der Waals surface area contributed by atoms with Crippen LogP contribution in [0.4, 0.5) is 10.5 Å². The zero-order chi connectivity index (χ0) is 28.1. The van der Waals surface area contributed by atoms with Gasteiger partial charge in [-0.3, -0.25) is 14.3 Å². The molecule has 206 valence electrons. The molecule has 1 amide bonds. The predicted molar refractivity (Wildman–Crippen MR) is 152 cm³/mol. The monoisotopic (exact) mass is 607 g/mol. The summed E-state index contributed by atoms with van der Waals surface area (Å²) in [6.07, 6.45) is 3.63. The summed E-state index contributed by atoms with van der Waals surface area (Å²) in [5.74, 6) is -0.429. The molecule has 0 saturated heterocycles. The van der Waals surface area contributed by atoms with Crippen LogP contribution in [0.3, 0.4) is 0 Å². The first-order valence-electron chi connectivity index (χ1n) is 12.4. The summed E-state index contributed by atoms with van der Waals surface area (Å²) in [5.41, 5.74) is 3.54. The van der Waals surface area contributed by atoms with Gasteiger partial charge in [0.1, 0.15) is 5.60 Å². The fourth-order valence-corrected chi connectivity index (χ4v) is 5.48. The van der Waals surface area contributed by atoms with E-state index in [0.717, 1.165) is 28.3 Å². The minimum Gasteiger partial charge on any atom is -0.443 e. The van der Waals surface area contributed by atoms with Crippen molar-refractivity contribution in [3.63, 3.8) is 0 Å². The number of ether oxygens (including phenoxy) is 1. The second-order valence-electron chi connectivity index (χ2n) is 10.1. The fourth-order valence-electron chi connectivity index (χ4n) is 4.14. The largest absolute Gasteiger partial charge is 0.443 e. The van der Waals surface area contributed by atoms with E-state index in [0.29, 0.717) is 36.3 Å². The van der Waals surface area contributed by atoms with Gasteiger partial charge in [-0.1, -0.05) is 40.9 Å². The molecule has 2 N–H and O–H groups in total. The second-order valence-corrected chi connectivity index (χ2v) is 13.0. The average molecular weight is 609 g/mol. The minimum absolute atomic E-state index is 0.227. The molecule has 3 rings (SSSR count). The van der Waals surface area contributed by atoms with Crippen molar-refractivity contribution in [3.8, 4) is 11.3 Å². The van der Waals surface area contributed by atoms with Crippen LogP contribution in [0, 0.1) is 0 Å². The fraction of sp³-hybridized carbons (Fsp3) is 0.407. The van der Waals surface area contributed by atoms with Gasteiger partial charge in [0.15, 0.2) is 0 Å². The Morgan fingerprint density at radius 2 is 1.68 bits per heavy atom. The Bertz CT molecular complexity index is 1390. The smallest absolute Gasteiger partial charge is 0.419 e. The number of sulfonamides is 1. The van der Waals surface area contributed by atoms with Gasteiger partial charge in [-0.05, 0) is 75.6 Å². The van der Waals surface area contributed by atoms with Gasteiger partial charge in [0.25, 0.3) is 0 Å². The Morgan fingerprint density at radius 1 is 1.03 bits per heavy atom. The molecule has 38 heavy (non-hydrogen) atoms. The van der Waals surface area contributed by atoms with Crippen LogP contribution in [0.1, 0.15) is 52.9 Å². The van der Waals surface area contributed by atoms with E-state index in [1.54, 1.807) is 29.7 Å². The Morgan fingerprint density at radius 3 is 2.29 bits per heavy atom. The number of rotatable bonds is 10. The number of amides is 1. The van der Waals surface area contributed by atoms with E-state index >= 15 is 0 Å². The zero-order valence-corrected chi connectivity index (χ0v) is 24.4. The van der Waals surface area contributed by atoms with Crippen LogP contribution in [-0.4, -0.2) is 48.6 Å². The first-order chi connectivity index (χ1) is 17.8. The first-order valence-corrected chi connectivity index (χ1v) is 15.0. The van der Waals surface area contributed by atoms with Crippen LogP contribution in [-0.2, 0) is 19.6 Å². The van der Waals surface area contributed by atoms with E-state index < -0.39 is 27.6 Å². The molecular formula is C27H34BrN3O6S. The van der Waals surface area contributed by atoms with Crippen molar-refractivity contribution in [3.05, 3.63) is 53.0 Å². The highest BCUT2D eigenvalue weighted by Gasteiger charge is 2.23. The van der Waals surface area contributed by atoms with Gasteiger partial charge in [-0.15, -0.1) is 0 Å². The van der Waals surface area contributed by atoms with Crippen molar-refractivity contribution >= 4 is 54.5 Å². The molecule has 1 heterocycles. The quantitative estimate of drug-likeness (QED) is 0.164. The van der Waals surface area contributed by atoms with Crippen LogP contribution in [0.2, 0.25) is 0 Å². The lowest BCUT2D eigenvalue weighted by Crippen LogP contribution is -2.30. The molecule has 0 spiro atoms. The number of halogens is 1. The van der Waals surface area contributed by atoms with Crippen molar-refractivity contribution in [2.75, 3.05) is 17.1 Å². The van der Waals surface area contributed by atoms with Gasteiger partial charge in [0.2, 0.25) is 15.9 Å². The molecular weight excluding hydrogens is 574 g/mol. The van der Waals surface area contributed by atoms with Crippen molar-refractivity contribution in [1.82, 2.24) is 10.0 Å². The number of nitrogens with zero attached hydrogens (tertiary/aromatic N) is 2. The third kappa shape index (κ3) is 7.81. The van der Waals surface area contributed by atoms with Gasteiger partial charge >= 0.3 is 6.09 Å². The molecule has 3 aromatic rings. The molecule has 0 unspecified atom stereocenters. The number of carbonyl (C=O) groups is 2. The van der Waals surface area contributed by atoms with Crippen molar-refractivity contribution in [2.45, 2.75) is 58.5 Å². The minimum atomic E-state index is -3.52. The normalized spacial score (nSPS) is 11.9. The average Bonchev–Trinajstić information content (AvgIpc) is 3.20. The van der Waals surface area contributed by atoms with E-state index in [2.05, 4.69) is 15.9 Å². The molecule has 0 aliphatic rings. The molecule has 0 atom stereocenters. The van der Waals surface area contributed by atoms with Gasteiger partial charge in [-0.2, -0.15) is 0 Å². The van der Waals surface area contributed by atoms with Gasteiger partial charge in [0.05, 0.1) is 23.2 Å². The van der Waals surface area contributed by atoms with E-state index in [4.69, 9.17) is 9.94 Å². The van der Waals surface area contributed by atoms with E-state index in [9.17, 15) is 18.0 Å². The van der Waals surface area contributed by atoms with Crippen molar-refractivity contribution in [1.29, 1.82) is 0 Å². The molecule has 9 nitrogen and oxygen atoms in total. The van der Waals surface area contributed by atoms with Crippen LogP contribution in [0.5, 0.6) is 0 Å². The maximum Gasteiger partial charge on any atom is 0.419 e. The van der Waals surface area contributed by atoms with Crippen LogP contribution in [0.25, 0.3) is 22.2 Å². The van der Waals surface area contributed by atoms with Crippen molar-refractivity contribution < 1.29 is 28.0 Å². The third-order valence-corrected chi connectivity index (χ3v) is 7.52. The van der Waals surface area contributed by atoms with Crippen LogP contribution < -0.4 is 9.79 Å². The number of fused-ring (bicyclic) bond motifs is 1. The number of unbranched alkanes of at least 4 members (excludes halogenated alkanes) is 3. The Balaban J connectivity index is 1.85. The SMILES string of the molecule is CC(C)(C)OC(=O)n1c(-c2ccc(N(CCCCCCC(=O)NO)S(C)(=O)=O)cc2)cc2cc(Br)ccc21. The van der Waals surface area contributed by atoms with Gasteiger partial charge < -0.3 is 4.74 Å². The lowest BCUT2D eigenvalue weighted by Gasteiger charge is -2.23. The molecule has 1 aromatic heterocycles. The maximum absolute atomic E-state index is 13.2. The molecule has 0 saturated carbocycles. The number of hydrogen-bond acceptors (Lipinski definition) is 6. The maximum atomic E-state index is 13.2. The highest BCUT2D eigenvalue weighted by molar-refractivity contribution is 9.10. The Hall–Kier alpha value is -2.89. The third-order valence-electron chi connectivity index (χ3n) is 5.83. The number of aromatic nitrogens is 1. The molecule has 0 bridgehead atoms. The number of anilines is 1. The summed E-state index contributed by atoms with van der Waals surface area (Å²) in [4.78, 5) is 24.3. The van der Waals surface area contributed by atoms with Crippen LogP contribution >= 0.6 is 15.9 Å². The standard InChI is InChI=1S/C27H34BrN3O6S/c1-27(2,3)37-26(33)31-23-15-12-21(28)17-20(23)18-24(31)19-10-13-22(14-11-19)30(38(4,35)36)16-8-6-5-7-9-25(32)29-34/h10-15,17-18,34H,5-9,16H2,1-4H3,(H,29,32). The number of carbonyl (C=O) groups excluding carboxylic acids is 2. The summed E-state index contributed by atoms with van der Waals surface area (Å²) in [6.45, 7) is 5.74. The molecule has 0 radical (unpaired) electrons. The Kier molecular flexibility index (Phi) is 9.61. The summed E-state index contributed by atoms with van der Waals surface area (Å²) in [6, 6.07) is 14.6. The topological polar surface area (TPSA) is 118 Å². The summed E-state index contributed by atoms with van der Waals surface area (Å²) in [5, 5.41) is 9.41. The Labute approximate surface area is 231 Å². The lowest BCUT2D eigenvalue weighted by molar-refractivity contribution is -0.129. The summed E-state index contributed by atoms with van der Waals surface area (Å²) >= 11 is 3.48. The first kappa shape index (κ1) is 29.7. The number of hydroxylamine groups is 1. The number of hydrogen-bond donors (Lipinski definition) is 2.